The number of hydrogen-bond donors (Lipinski definition) is 0. The van der Waals surface area contributed by atoms with Gasteiger partial charge in [-0.2, -0.15) is 0 Å². The first-order valence-electron chi connectivity index (χ1n) is 9.50. The smallest absolute Gasteiger partial charge is 0.109 e. The number of thiazole rings is 4. The van der Waals surface area contributed by atoms with E-state index in [-0.39, 0.29) is 0 Å². The lowest BCUT2D eigenvalue weighted by Gasteiger charge is -2.04. The third-order valence-corrected chi connectivity index (χ3v) is 9.60. The molecule has 0 aliphatic carbocycles. The summed E-state index contributed by atoms with van der Waals surface area (Å²) in [6.45, 7) is 4.41. The quantitative estimate of drug-likeness (QED) is 0.288. The SMILES string of the molecule is CCc1nc2ccc3nc(CC(C)c4nc5c(ccc6scnc65)s4)sc3c2s1. The van der Waals surface area contributed by atoms with Gasteiger partial charge in [-0.05, 0) is 30.7 Å². The van der Waals surface area contributed by atoms with Crippen molar-refractivity contribution in [3.63, 3.8) is 0 Å². The molecule has 0 aliphatic rings. The van der Waals surface area contributed by atoms with Gasteiger partial charge in [0, 0.05) is 12.3 Å². The number of aromatic nitrogens is 4. The number of hydrogen-bond acceptors (Lipinski definition) is 8. The molecule has 0 saturated heterocycles. The molecule has 2 aromatic carbocycles. The summed E-state index contributed by atoms with van der Waals surface area (Å²) in [6.07, 6.45) is 1.88. The maximum absolute atomic E-state index is 4.96. The predicted molar refractivity (Wildman–Crippen MR) is 127 cm³/mol. The minimum absolute atomic E-state index is 0.324. The second kappa shape index (κ2) is 6.77. The van der Waals surface area contributed by atoms with Gasteiger partial charge in [-0.25, -0.2) is 19.9 Å². The normalized spacial score (nSPS) is 13.3. The van der Waals surface area contributed by atoms with E-state index in [4.69, 9.17) is 15.0 Å². The molecule has 0 radical (unpaired) electrons. The van der Waals surface area contributed by atoms with Gasteiger partial charge in [0.15, 0.2) is 0 Å². The molecule has 0 amide bonds. The highest BCUT2D eigenvalue weighted by Gasteiger charge is 2.18. The van der Waals surface area contributed by atoms with Crippen molar-refractivity contribution in [1.29, 1.82) is 0 Å². The summed E-state index contributed by atoms with van der Waals surface area (Å²) in [4.78, 5) is 19.1. The van der Waals surface area contributed by atoms with Gasteiger partial charge in [0.05, 0.1) is 50.4 Å². The van der Waals surface area contributed by atoms with Crippen LogP contribution in [0.15, 0.2) is 29.8 Å². The van der Waals surface area contributed by atoms with Crippen LogP contribution in [0.25, 0.3) is 40.9 Å². The van der Waals surface area contributed by atoms with Crippen LogP contribution in [0, 0.1) is 0 Å². The van der Waals surface area contributed by atoms with E-state index >= 15 is 0 Å². The van der Waals surface area contributed by atoms with Crippen LogP contribution in [0.5, 0.6) is 0 Å². The molecule has 6 rings (SSSR count). The van der Waals surface area contributed by atoms with Crippen LogP contribution >= 0.6 is 45.3 Å². The molecule has 8 heteroatoms. The molecule has 0 saturated carbocycles. The number of rotatable bonds is 4. The Bertz CT molecular complexity index is 1500. The van der Waals surface area contributed by atoms with Crippen LogP contribution in [-0.2, 0) is 12.8 Å². The van der Waals surface area contributed by atoms with Gasteiger partial charge < -0.3 is 0 Å². The molecule has 4 aromatic heterocycles. The predicted octanol–water partition coefficient (Wildman–Crippen LogP) is 7.03. The summed E-state index contributed by atoms with van der Waals surface area (Å²) in [5, 5.41) is 3.53. The third kappa shape index (κ3) is 2.89. The van der Waals surface area contributed by atoms with E-state index in [0.717, 1.165) is 39.9 Å². The van der Waals surface area contributed by atoms with Crippen molar-refractivity contribution in [3.05, 3.63) is 44.8 Å². The van der Waals surface area contributed by atoms with Gasteiger partial charge in [-0.3, -0.25) is 0 Å². The summed E-state index contributed by atoms with van der Waals surface area (Å²) >= 11 is 7.06. The highest BCUT2D eigenvalue weighted by Crippen LogP contribution is 2.37. The Morgan fingerprint density at radius 3 is 2.34 bits per heavy atom. The van der Waals surface area contributed by atoms with Crippen molar-refractivity contribution in [1.82, 2.24) is 19.9 Å². The Labute approximate surface area is 182 Å². The van der Waals surface area contributed by atoms with Gasteiger partial charge in [0.1, 0.15) is 11.0 Å². The highest BCUT2D eigenvalue weighted by atomic mass is 32.1. The Morgan fingerprint density at radius 2 is 1.55 bits per heavy atom. The van der Waals surface area contributed by atoms with Crippen molar-refractivity contribution < 1.29 is 0 Å². The average Bonchev–Trinajstić information content (AvgIpc) is 3.49. The van der Waals surface area contributed by atoms with Crippen molar-refractivity contribution in [2.45, 2.75) is 32.6 Å². The lowest BCUT2D eigenvalue weighted by Crippen LogP contribution is -1.97. The Morgan fingerprint density at radius 1 is 0.828 bits per heavy atom. The van der Waals surface area contributed by atoms with Crippen LogP contribution in [0.1, 0.15) is 34.8 Å². The second-order valence-electron chi connectivity index (χ2n) is 7.10. The number of fused-ring (bicyclic) bond motifs is 6. The van der Waals surface area contributed by atoms with Crippen molar-refractivity contribution in [3.8, 4) is 0 Å². The zero-order chi connectivity index (χ0) is 19.5. The maximum Gasteiger partial charge on any atom is 0.109 e. The van der Waals surface area contributed by atoms with E-state index in [2.05, 4.69) is 43.1 Å². The van der Waals surface area contributed by atoms with E-state index < -0.39 is 0 Å². The number of benzene rings is 2. The van der Waals surface area contributed by atoms with E-state index in [9.17, 15) is 0 Å². The van der Waals surface area contributed by atoms with E-state index in [1.165, 1.54) is 28.8 Å². The zero-order valence-electron chi connectivity index (χ0n) is 15.8. The Hall–Kier alpha value is -2.00. The van der Waals surface area contributed by atoms with E-state index in [1.807, 2.05) is 16.8 Å². The first kappa shape index (κ1) is 17.8. The van der Waals surface area contributed by atoms with Gasteiger partial charge in [0.25, 0.3) is 0 Å². The highest BCUT2D eigenvalue weighted by molar-refractivity contribution is 7.26. The van der Waals surface area contributed by atoms with Crippen LogP contribution < -0.4 is 0 Å². The van der Waals surface area contributed by atoms with Crippen LogP contribution in [0.3, 0.4) is 0 Å². The molecule has 0 fully saturated rings. The molecule has 6 aromatic rings. The van der Waals surface area contributed by atoms with Gasteiger partial charge in [0.2, 0.25) is 0 Å². The first-order chi connectivity index (χ1) is 14.2. The van der Waals surface area contributed by atoms with E-state index in [0.29, 0.717) is 5.92 Å². The van der Waals surface area contributed by atoms with Crippen molar-refractivity contribution >= 4 is 86.2 Å². The minimum atomic E-state index is 0.324. The maximum atomic E-state index is 4.96. The molecule has 29 heavy (non-hydrogen) atoms. The summed E-state index contributed by atoms with van der Waals surface area (Å²) < 4.78 is 4.97. The number of nitrogens with zero attached hydrogens (tertiary/aromatic N) is 4. The van der Waals surface area contributed by atoms with Crippen LogP contribution in [-0.4, -0.2) is 19.9 Å². The molecule has 0 aliphatic heterocycles. The molecule has 1 atom stereocenters. The topological polar surface area (TPSA) is 51.6 Å². The lowest BCUT2D eigenvalue weighted by atomic mass is 10.1. The monoisotopic (exact) mass is 452 g/mol. The summed E-state index contributed by atoms with van der Waals surface area (Å²) in [6, 6.07) is 8.54. The van der Waals surface area contributed by atoms with Gasteiger partial charge >= 0.3 is 0 Å². The summed E-state index contributed by atoms with van der Waals surface area (Å²) in [5.41, 5.74) is 6.16. The van der Waals surface area contributed by atoms with Gasteiger partial charge in [-0.15, -0.1) is 45.3 Å². The average molecular weight is 453 g/mol. The molecule has 4 nitrogen and oxygen atoms in total. The largest absolute Gasteiger partial charge is 0.242 e. The first-order valence-corrected chi connectivity index (χ1v) is 12.8. The standard InChI is InChI=1S/C21H16N4S4/c1-3-15-23-11-4-5-12-20(19(11)28-15)29-16(24-12)8-10(2)21-25-18-14(27-21)7-6-13-17(18)22-9-26-13/h4-7,9-10H,3,8H2,1-2H3. The van der Waals surface area contributed by atoms with Gasteiger partial charge in [-0.1, -0.05) is 13.8 Å². The number of aryl methyl sites for hydroxylation is 1. The van der Waals surface area contributed by atoms with Crippen LogP contribution in [0.2, 0.25) is 0 Å². The fourth-order valence-corrected chi connectivity index (χ4v) is 7.62. The molecule has 144 valence electrons. The fraction of sp³-hybridized carbons (Fsp3) is 0.238. The second-order valence-corrected chi connectivity index (χ2v) is 11.2. The molecule has 0 bridgehead atoms. The summed E-state index contributed by atoms with van der Waals surface area (Å²) in [5.74, 6) is 0.324. The molecule has 0 N–H and O–H groups in total. The van der Waals surface area contributed by atoms with Crippen molar-refractivity contribution in [2.75, 3.05) is 0 Å². The molecule has 1 unspecified atom stereocenters. The third-order valence-electron chi connectivity index (χ3n) is 5.08. The Kier molecular flexibility index (Phi) is 4.16. The van der Waals surface area contributed by atoms with E-state index in [1.54, 1.807) is 34.0 Å². The molecule has 0 spiro atoms. The lowest BCUT2D eigenvalue weighted by molar-refractivity contribution is 0.750. The molecule has 4 heterocycles. The minimum Gasteiger partial charge on any atom is -0.242 e. The molecular formula is C21H16N4S4. The summed E-state index contributed by atoms with van der Waals surface area (Å²) in [7, 11) is 0. The molecular weight excluding hydrogens is 437 g/mol. The zero-order valence-corrected chi connectivity index (χ0v) is 19.1. The fourth-order valence-electron chi connectivity index (χ4n) is 3.60. The van der Waals surface area contributed by atoms with Crippen LogP contribution in [0.4, 0.5) is 0 Å². The van der Waals surface area contributed by atoms with Crippen molar-refractivity contribution in [2.24, 2.45) is 0 Å². The Balaban J connectivity index is 1.37.